The molecule has 1 aliphatic rings. The number of sulfonamides is 1. The summed E-state index contributed by atoms with van der Waals surface area (Å²) in [6.45, 7) is 5.49. The smallest absolute Gasteiger partial charge is 0.243 e. The van der Waals surface area contributed by atoms with Crippen LogP contribution in [0.5, 0.6) is 5.75 Å². The highest BCUT2D eigenvalue weighted by Crippen LogP contribution is 2.29. The van der Waals surface area contributed by atoms with Gasteiger partial charge in [-0.1, -0.05) is 31.4 Å². The maximum absolute atomic E-state index is 12.8. The van der Waals surface area contributed by atoms with E-state index in [1.54, 1.807) is 11.0 Å². The lowest BCUT2D eigenvalue weighted by Gasteiger charge is -2.33. The quantitative estimate of drug-likeness (QED) is 0.673. The summed E-state index contributed by atoms with van der Waals surface area (Å²) in [6.07, 6.45) is 3.03. The molecule has 1 saturated heterocycles. The zero-order valence-corrected chi connectivity index (χ0v) is 16.3. The molecule has 1 fully saturated rings. The molecular weight excluding hydrogens is 364 g/mol. The van der Waals surface area contributed by atoms with Crippen LogP contribution >= 0.6 is 11.6 Å². The highest BCUT2D eigenvalue weighted by atomic mass is 35.5. The molecule has 8 heteroatoms. The van der Waals surface area contributed by atoms with Gasteiger partial charge >= 0.3 is 0 Å². The van der Waals surface area contributed by atoms with Gasteiger partial charge in [0.05, 0.1) is 16.5 Å². The molecule has 0 bridgehead atoms. The molecule has 1 aliphatic heterocycles. The van der Waals surface area contributed by atoms with Crippen LogP contribution in [-0.4, -0.2) is 56.3 Å². The van der Waals surface area contributed by atoms with Crippen LogP contribution in [0.4, 0.5) is 0 Å². The number of hydrogen-bond donors (Lipinski definition) is 0. The Morgan fingerprint density at radius 2 is 1.88 bits per heavy atom. The van der Waals surface area contributed by atoms with Gasteiger partial charge < -0.3 is 9.64 Å². The first-order valence-corrected chi connectivity index (χ1v) is 10.4. The first-order valence-electron chi connectivity index (χ1n) is 8.54. The van der Waals surface area contributed by atoms with Crippen LogP contribution in [-0.2, 0) is 14.8 Å². The monoisotopic (exact) mass is 388 g/mol. The van der Waals surface area contributed by atoms with Crippen molar-refractivity contribution in [2.75, 3.05) is 32.8 Å². The van der Waals surface area contributed by atoms with E-state index < -0.39 is 10.0 Å². The zero-order valence-electron chi connectivity index (χ0n) is 14.7. The molecule has 0 spiro atoms. The molecule has 1 aromatic rings. The van der Waals surface area contributed by atoms with Gasteiger partial charge in [0, 0.05) is 39.2 Å². The first kappa shape index (κ1) is 20.0. The number of carbonyl (C=O) groups excluding carboxylic acids is 1. The van der Waals surface area contributed by atoms with E-state index in [2.05, 4.69) is 6.92 Å². The number of benzene rings is 1. The van der Waals surface area contributed by atoms with E-state index in [9.17, 15) is 13.2 Å². The Bertz CT molecular complexity index is 701. The van der Waals surface area contributed by atoms with Crippen molar-refractivity contribution < 1.29 is 17.9 Å². The second-order valence-corrected chi connectivity index (χ2v) is 8.40. The van der Waals surface area contributed by atoms with Gasteiger partial charge in [0.2, 0.25) is 15.9 Å². The normalized spacial score (nSPS) is 16.0. The second-order valence-electron chi connectivity index (χ2n) is 6.06. The number of hydrogen-bond acceptors (Lipinski definition) is 4. The zero-order chi connectivity index (χ0) is 18.4. The standard InChI is InChI=1S/C17H25ClN2O4S/c1-3-4-5-12-24-17-13-15(6-7-16(17)18)25(22,23)20-10-8-19(9-11-20)14(2)21/h6-7,13H,3-5,8-12H2,1-2H3. The number of unbranched alkanes of at least 4 members (excludes halogenated alkanes) is 2. The predicted molar refractivity (Wildman–Crippen MR) is 97.5 cm³/mol. The molecule has 0 atom stereocenters. The highest BCUT2D eigenvalue weighted by molar-refractivity contribution is 7.89. The van der Waals surface area contributed by atoms with E-state index in [1.807, 2.05) is 0 Å². The van der Waals surface area contributed by atoms with E-state index in [0.29, 0.717) is 30.5 Å². The van der Waals surface area contributed by atoms with Crippen molar-refractivity contribution in [2.45, 2.75) is 38.0 Å². The third-order valence-electron chi connectivity index (χ3n) is 4.23. The number of carbonyl (C=O) groups is 1. The molecule has 2 rings (SSSR count). The average molecular weight is 389 g/mol. The summed E-state index contributed by atoms with van der Waals surface area (Å²) in [4.78, 5) is 13.2. The van der Waals surface area contributed by atoms with Crippen LogP contribution in [0.3, 0.4) is 0 Å². The van der Waals surface area contributed by atoms with Gasteiger partial charge in [0.1, 0.15) is 5.75 Å². The molecule has 0 N–H and O–H groups in total. The van der Waals surface area contributed by atoms with Gasteiger partial charge in [-0.05, 0) is 18.6 Å². The van der Waals surface area contributed by atoms with Crippen molar-refractivity contribution in [1.29, 1.82) is 0 Å². The maximum atomic E-state index is 12.8. The van der Waals surface area contributed by atoms with Crippen LogP contribution in [0, 0.1) is 0 Å². The molecule has 6 nitrogen and oxygen atoms in total. The predicted octanol–water partition coefficient (Wildman–Crippen LogP) is 2.76. The van der Waals surface area contributed by atoms with E-state index in [1.165, 1.54) is 23.4 Å². The topological polar surface area (TPSA) is 66.9 Å². The summed E-state index contributed by atoms with van der Waals surface area (Å²) >= 11 is 6.12. The third-order valence-corrected chi connectivity index (χ3v) is 6.44. The van der Waals surface area contributed by atoms with Gasteiger partial charge in [-0.3, -0.25) is 4.79 Å². The Hall–Kier alpha value is -1.31. The number of piperazine rings is 1. The maximum Gasteiger partial charge on any atom is 0.243 e. The summed E-state index contributed by atoms with van der Waals surface area (Å²) in [6, 6.07) is 4.53. The lowest BCUT2D eigenvalue weighted by Crippen LogP contribution is -2.49. The van der Waals surface area contributed by atoms with E-state index in [4.69, 9.17) is 16.3 Å². The molecule has 1 amide bonds. The minimum atomic E-state index is -3.63. The van der Waals surface area contributed by atoms with Crippen LogP contribution in [0.25, 0.3) is 0 Å². The van der Waals surface area contributed by atoms with Gasteiger partial charge in [0.25, 0.3) is 0 Å². The Balaban J connectivity index is 2.10. The van der Waals surface area contributed by atoms with Crippen molar-refractivity contribution in [2.24, 2.45) is 0 Å². The third kappa shape index (κ3) is 5.09. The lowest BCUT2D eigenvalue weighted by atomic mass is 10.3. The second kappa shape index (κ2) is 8.87. The largest absolute Gasteiger partial charge is 0.492 e. The van der Waals surface area contributed by atoms with Crippen molar-refractivity contribution in [1.82, 2.24) is 9.21 Å². The van der Waals surface area contributed by atoms with Crippen molar-refractivity contribution >= 4 is 27.5 Å². The van der Waals surface area contributed by atoms with Crippen LogP contribution in [0.2, 0.25) is 5.02 Å². The molecule has 140 valence electrons. The molecule has 0 aliphatic carbocycles. The first-order chi connectivity index (χ1) is 11.9. The SMILES string of the molecule is CCCCCOc1cc(S(=O)(=O)N2CCN(C(C)=O)CC2)ccc1Cl. The molecule has 25 heavy (non-hydrogen) atoms. The number of nitrogens with zero attached hydrogens (tertiary/aromatic N) is 2. The summed E-state index contributed by atoms with van der Waals surface area (Å²) in [5.41, 5.74) is 0. The Morgan fingerprint density at radius 3 is 2.48 bits per heavy atom. The average Bonchev–Trinajstić information content (AvgIpc) is 2.60. The number of amides is 1. The van der Waals surface area contributed by atoms with Crippen LogP contribution in [0.1, 0.15) is 33.1 Å². The van der Waals surface area contributed by atoms with Crippen molar-refractivity contribution in [3.05, 3.63) is 23.2 Å². The highest BCUT2D eigenvalue weighted by Gasteiger charge is 2.29. The fourth-order valence-electron chi connectivity index (χ4n) is 2.68. The van der Waals surface area contributed by atoms with Gasteiger partial charge in [0.15, 0.2) is 0 Å². The van der Waals surface area contributed by atoms with E-state index >= 15 is 0 Å². The molecule has 0 saturated carbocycles. The summed E-state index contributed by atoms with van der Waals surface area (Å²) in [7, 11) is -3.63. The number of halogens is 1. The van der Waals surface area contributed by atoms with E-state index in [0.717, 1.165) is 19.3 Å². The summed E-state index contributed by atoms with van der Waals surface area (Å²) in [5.74, 6) is 0.354. The van der Waals surface area contributed by atoms with E-state index in [-0.39, 0.29) is 23.9 Å². The molecule has 0 radical (unpaired) electrons. The summed E-state index contributed by atoms with van der Waals surface area (Å²) in [5, 5.41) is 0.400. The minimum absolute atomic E-state index is 0.0358. The minimum Gasteiger partial charge on any atom is -0.492 e. The van der Waals surface area contributed by atoms with Gasteiger partial charge in [-0.15, -0.1) is 0 Å². The van der Waals surface area contributed by atoms with Gasteiger partial charge in [-0.2, -0.15) is 4.31 Å². The molecule has 1 heterocycles. The van der Waals surface area contributed by atoms with Crippen molar-refractivity contribution in [3.8, 4) is 5.75 Å². The van der Waals surface area contributed by atoms with Gasteiger partial charge in [-0.25, -0.2) is 8.42 Å². The van der Waals surface area contributed by atoms with Crippen LogP contribution in [0.15, 0.2) is 23.1 Å². The Kier molecular flexibility index (Phi) is 7.10. The fourth-order valence-corrected chi connectivity index (χ4v) is 4.29. The lowest BCUT2D eigenvalue weighted by molar-refractivity contribution is -0.129. The Morgan fingerprint density at radius 1 is 1.20 bits per heavy atom. The number of rotatable bonds is 7. The molecular formula is C17H25ClN2O4S. The molecule has 1 aromatic carbocycles. The molecule has 0 unspecified atom stereocenters. The van der Waals surface area contributed by atoms with Crippen LogP contribution < -0.4 is 4.74 Å². The fraction of sp³-hybridized carbons (Fsp3) is 0.588. The Labute approximate surface area is 154 Å². The summed E-state index contributed by atoms with van der Waals surface area (Å²) < 4.78 is 32.7. The molecule has 0 aromatic heterocycles. The van der Waals surface area contributed by atoms with Crippen molar-refractivity contribution in [3.63, 3.8) is 0 Å². The number of ether oxygens (including phenoxy) is 1.